The predicted octanol–water partition coefficient (Wildman–Crippen LogP) is 4.44. The molecular weight excluding hydrogens is 417 g/mol. The van der Waals surface area contributed by atoms with E-state index in [2.05, 4.69) is 15.6 Å². The van der Waals surface area contributed by atoms with E-state index in [0.29, 0.717) is 36.7 Å². The van der Waals surface area contributed by atoms with Crippen LogP contribution in [0.4, 0.5) is 13.2 Å². The number of nitrogens with one attached hydrogen (secondary N) is 2. The number of benzene rings is 2. The second-order valence-corrected chi connectivity index (χ2v) is 8.41. The third-order valence-electron chi connectivity index (χ3n) is 5.04. The van der Waals surface area contributed by atoms with Gasteiger partial charge in [-0.3, -0.25) is 4.79 Å². The van der Waals surface area contributed by atoms with Crippen LogP contribution in [0.1, 0.15) is 47.8 Å². The van der Waals surface area contributed by atoms with E-state index < -0.39 is 17.2 Å². The van der Waals surface area contributed by atoms with Crippen LogP contribution < -0.4 is 10.6 Å². The molecule has 0 saturated carbocycles. The summed E-state index contributed by atoms with van der Waals surface area (Å²) in [6, 6.07) is 12.7. The summed E-state index contributed by atoms with van der Waals surface area (Å²) in [5, 5.41) is 6.38. The normalized spacial score (nSPS) is 12.4. The van der Waals surface area contributed by atoms with Gasteiger partial charge in [0.05, 0.1) is 12.1 Å². The molecule has 32 heavy (non-hydrogen) atoms. The summed E-state index contributed by atoms with van der Waals surface area (Å²) in [5.74, 6) is 0.507. The van der Waals surface area contributed by atoms with E-state index in [4.69, 9.17) is 0 Å². The van der Waals surface area contributed by atoms with Crippen LogP contribution in [-0.2, 0) is 18.1 Å². The fourth-order valence-electron chi connectivity index (χ4n) is 3.05. The number of hydrogen-bond donors (Lipinski definition) is 2. The van der Waals surface area contributed by atoms with Crippen molar-refractivity contribution in [2.75, 3.05) is 27.2 Å². The van der Waals surface area contributed by atoms with Crippen molar-refractivity contribution in [2.24, 2.45) is 4.99 Å². The number of amides is 1. The molecule has 5 nitrogen and oxygen atoms in total. The molecule has 0 aromatic heterocycles. The molecule has 2 N–H and O–H groups in total. The Bertz CT molecular complexity index is 935. The molecule has 0 heterocycles. The Kier molecular flexibility index (Phi) is 8.30. The molecule has 0 aliphatic heterocycles. The Hall–Kier alpha value is -3.03. The van der Waals surface area contributed by atoms with Crippen molar-refractivity contribution in [3.8, 4) is 0 Å². The Morgan fingerprint density at radius 3 is 2.19 bits per heavy atom. The summed E-state index contributed by atoms with van der Waals surface area (Å²) in [4.78, 5) is 18.1. The van der Waals surface area contributed by atoms with Crippen LogP contribution in [0.5, 0.6) is 0 Å². The maximum Gasteiger partial charge on any atom is 0.416 e. The number of hydrogen-bond acceptors (Lipinski definition) is 2. The highest BCUT2D eigenvalue weighted by molar-refractivity contribution is 5.93. The summed E-state index contributed by atoms with van der Waals surface area (Å²) < 4.78 is 39.2. The molecule has 8 heteroatoms. The van der Waals surface area contributed by atoms with E-state index in [1.165, 1.54) is 17.0 Å². The first kappa shape index (κ1) is 25.2. The number of nitrogens with zero attached hydrogens (tertiary/aromatic N) is 2. The van der Waals surface area contributed by atoms with Crippen LogP contribution >= 0.6 is 0 Å². The molecule has 2 aromatic carbocycles. The largest absolute Gasteiger partial charge is 0.416 e. The number of carbonyl (C=O) groups is 1. The summed E-state index contributed by atoms with van der Waals surface area (Å²) >= 11 is 0. The van der Waals surface area contributed by atoms with E-state index in [-0.39, 0.29) is 5.91 Å². The minimum atomic E-state index is -4.37. The van der Waals surface area contributed by atoms with Gasteiger partial charge in [0.2, 0.25) is 0 Å². The Morgan fingerprint density at radius 1 is 1.00 bits per heavy atom. The number of guanidine groups is 1. The van der Waals surface area contributed by atoms with Crippen molar-refractivity contribution in [3.05, 3.63) is 70.8 Å². The highest BCUT2D eigenvalue weighted by atomic mass is 19.4. The van der Waals surface area contributed by atoms with Crippen LogP contribution in [0.2, 0.25) is 0 Å². The van der Waals surface area contributed by atoms with Crippen molar-refractivity contribution in [3.63, 3.8) is 0 Å². The minimum absolute atomic E-state index is 0.0631. The molecule has 0 aliphatic rings. The van der Waals surface area contributed by atoms with Gasteiger partial charge >= 0.3 is 6.18 Å². The fourth-order valence-corrected chi connectivity index (χ4v) is 3.05. The lowest BCUT2D eigenvalue weighted by Gasteiger charge is -2.27. The third kappa shape index (κ3) is 7.00. The molecule has 0 saturated heterocycles. The Balaban J connectivity index is 2.08. The van der Waals surface area contributed by atoms with Gasteiger partial charge in [0, 0.05) is 38.2 Å². The van der Waals surface area contributed by atoms with Gasteiger partial charge in [-0.05, 0) is 36.2 Å². The number of alkyl halides is 3. The van der Waals surface area contributed by atoms with Crippen molar-refractivity contribution in [1.82, 2.24) is 15.5 Å². The Morgan fingerprint density at radius 2 is 1.62 bits per heavy atom. The Labute approximate surface area is 187 Å². The topological polar surface area (TPSA) is 56.7 Å². The summed E-state index contributed by atoms with van der Waals surface area (Å²) in [5.41, 5.74) is 0.938. The van der Waals surface area contributed by atoms with Gasteiger partial charge in [-0.15, -0.1) is 0 Å². The van der Waals surface area contributed by atoms with Gasteiger partial charge in [-0.2, -0.15) is 13.2 Å². The van der Waals surface area contributed by atoms with E-state index in [0.717, 1.165) is 11.6 Å². The van der Waals surface area contributed by atoms with Crippen LogP contribution in [0.15, 0.2) is 53.5 Å². The molecular formula is C24H31F3N4O. The second kappa shape index (κ2) is 10.5. The molecule has 0 atom stereocenters. The van der Waals surface area contributed by atoms with E-state index in [1.54, 1.807) is 32.3 Å². The van der Waals surface area contributed by atoms with Gasteiger partial charge in [0.15, 0.2) is 5.96 Å². The first-order chi connectivity index (χ1) is 14.9. The zero-order valence-corrected chi connectivity index (χ0v) is 19.2. The predicted molar refractivity (Wildman–Crippen MR) is 122 cm³/mol. The first-order valence-corrected chi connectivity index (χ1v) is 10.4. The average molecular weight is 449 g/mol. The zero-order valence-electron chi connectivity index (χ0n) is 19.2. The first-order valence-electron chi connectivity index (χ1n) is 10.4. The standard InChI is InChI=1S/C24H31F3N4O/c1-6-28-22(29-15-17-10-12-18(13-11-17)21(32)31(4)5)30-16-23(2,3)19-8-7-9-20(14-19)24(25,26)27/h7-14H,6,15-16H2,1-5H3,(H2,28,29,30). The minimum Gasteiger partial charge on any atom is -0.357 e. The lowest BCUT2D eigenvalue weighted by atomic mass is 9.84. The summed E-state index contributed by atoms with van der Waals surface area (Å²) in [7, 11) is 3.41. The average Bonchev–Trinajstić information content (AvgIpc) is 2.75. The van der Waals surface area contributed by atoms with E-state index >= 15 is 0 Å². The van der Waals surface area contributed by atoms with Crippen LogP contribution in [0, 0.1) is 0 Å². The van der Waals surface area contributed by atoms with Crippen LogP contribution in [0.3, 0.4) is 0 Å². The molecule has 0 fully saturated rings. The maximum atomic E-state index is 13.1. The lowest BCUT2D eigenvalue weighted by molar-refractivity contribution is -0.137. The van der Waals surface area contributed by atoms with Gasteiger partial charge in [-0.1, -0.05) is 44.2 Å². The van der Waals surface area contributed by atoms with Gasteiger partial charge in [-0.25, -0.2) is 4.99 Å². The second-order valence-electron chi connectivity index (χ2n) is 8.41. The monoisotopic (exact) mass is 448 g/mol. The smallest absolute Gasteiger partial charge is 0.357 e. The molecule has 0 radical (unpaired) electrons. The van der Waals surface area contributed by atoms with Gasteiger partial charge < -0.3 is 15.5 Å². The summed E-state index contributed by atoms with van der Waals surface area (Å²) in [6.07, 6.45) is -4.37. The SMILES string of the molecule is CCNC(=NCc1ccc(C(=O)N(C)C)cc1)NCC(C)(C)c1cccc(C(F)(F)F)c1. The molecule has 1 amide bonds. The zero-order chi connectivity index (χ0) is 23.9. The van der Waals surface area contributed by atoms with Crippen LogP contribution in [0.25, 0.3) is 0 Å². The van der Waals surface area contributed by atoms with Crippen molar-refractivity contribution in [1.29, 1.82) is 0 Å². The number of halogens is 3. The molecule has 174 valence electrons. The highest BCUT2D eigenvalue weighted by Gasteiger charge is 2.32. The van der Waals surface area contributed by atoms with Crippen molar-refractivity contribution >= 4 is 11.9 Å². The molecule has 2 aromatic rings. The van der Waals surface area contributed by atoms with Crippen molar-refractivity contribution in [2.45, 2.75) is 38.9 Å². The molecule has 0 unspecified atom stereocenters. The number of rotatable bonds is 7. The molecule has 0 aliphatic carbocycles. The van der Waals surface area contributed by atoms with E-state index in [1.807, 2.05) is 32.9 Å². The van der Waals surface area contributed by atoms with Crippen molar-refractivity contribution < 1.29 is 18.0 Å². The van der Waals surface area contributed by atoms with Crippen LogP contribution in [-0.4, -0.2) is 44.0 Å². The highest BCUT2D eigenvalue weighted by Crippen LogP contribution is 2.32. The summed E-state index contributed by atoms with van der Waals surface area (Å²) in [6.45, 7) is 7.16. The molecule has 0 bridgehead atoms. The fraction of sp³-hybridized carbons (Fsp3) is 0.417. The number of aliphatic imine (C=N–C) groups is 1. The quantitative estimate of drug-likeness (QED) is 0.486. The van der Waals surface area contributed by atoms with Gasteiger partial charge in [0.1, 0.15) is 0 Å². The van der Waals surface area contributed by atoms with E-state index in [9.17, 15) is 18.0 Å². The molecule has 0 spiro atoms. The maximum absolute atomic E-state index is 13.1. The van der Waals surface area contributed by atoms with Gasteiger partial charge in [0.25, 0.3) is 5.91 Å². The molecule has 2 rings (SSSR count). The lowest BCUT2D eigenvalue weighted by Crippen LogP contribution is -2.43. The number of carbonyl (C=O) groups excluding carboxylic acids is 1. The third-order valence-corrected chi connectivity index (χ3v) is 5.04.